The number of hydrogen-bond donors (Lipinski definition) is 3. The van der Waals surface area contributed by atoms with E-state index in [0.29, 0.717) is 24.5 Å². The van der Waals surface area contributed by atoms with Crippen LogP contribution in [-0.4, -0.2) is 52.2 Å². The molecule has 3 N–H and O–H groups in total. The largest absolute Gasteiger partial charge is 0.445 e. The van der Waals surface area contributed by atoms with Crippen LogP contribution in [0.1, 0.15) is 37.4 Å². The van der Waals surface area contributed by atoms with E-state index >= 15 is 0 Å². The number of hydrogen-bond acceptors (Lipinski definition) is 7. The molecule has 5 rings (SSSR count). The summed E-state index contributed by atoms with van der Waals surface area (Å²) < 4.78 is 30.7. The number of aromatic amines is 1. The zero-order valence-electron chi connectivity index (χ0n) is 23.1. The van der Waals surface area contributed by atoms with Crippen LogP contribution in [-0.2, 0) is 25.6 Å². The number of imidazole rings is 1. The number of nitrogens with zero attached hydrogens (tertiary/aromatic N) is 2. The van der Waals surface area contributed by atoms with E-state index in [4.69, 9.17) is 19.2 Å². The van der Waals surface area contributed by atoms with Crippen LogP contribution in [0.15, 0.2) is 79.1 Å². The van der Waals surface area contributed by atoms with Crippen molar-refractivity contribution in [3.63, 3.8) is 0 Å². The molecule has 0 aliphatic carbocycles. The summed E-state index contributed by atoms with van der Waals surface area (Å²) in [7, 11) is 0. The van der Waals surface area contributed by atoms with Crippen molar-refractivity contribution in [2.75, 3.05) is 19.8 Å². The molecule has 10 nitrogen and oxygen atoms in total. The lowest BCUT2D eigenvalue weighted by Crippen LogP contribution is -2.55. The van der Waals surface area contributed by atoms with E-state index in [2.05, 4.69) is 20.6 Å². The highest BCUT2D eigenvalue weighted by Gasteiger charge is 2.36. The van der Waals surface area contributed by atoms with Gasteiger partial charge in [-0.1, -0.05) is 30.3 Å². The van der Waals surface area contributed by atoms with Crippen molar-refractivity contribution in [2.24, 2.45) is 0 Å². The summed E-state index contributed by atoms with van der Waals surface area (Å²) in [5.41, 5.74) is 3.10. The highest BCUT2D eigenvalue weighted by atomic mass is 19.1. The maximum Gasteiger partial charge on any atom is 0.407 e. The third-order valence-electron chi connectivity index (χ3n) is 6.64. The van der Waals surface area contributed by atoms with Gasteiger partial charge in [-0.3, -0.25) is 9.78 Å². The van der Waals surface area contributed by atoms with Gasteiger partial charge in [0.2, 0.25) is 12.2 Å². The Kier molecular flexibility index (Phi) is 9.20. The smallest absolute Gasteiger partial charge is 0.407 e. The molecule has 42 heavy (non-hydrogen) atoms. The number of amides is 2. The number of pyridine rings is 1. The van der Waals surface area contributed by atoms with Crippen LogP contribution < -0.4 is 10.6 Å². The Hall–Kier alpha value is -4.61. The number of alkyl carbamates (subject to hydrolysis) is 1. The summed E-state index contributed by atoms with van der Waals surface area (Å²) in [4.78, 5) is 36.6. The third-order valence-corrected chi connectivity index (χ3v) is 6.64. The van der Waals surface area contributed by atoms with Crippen molar-refractivity contribution < 1.29 is 28.2 Å². The fourth-order valence-electron chi connectivity index (χ4n) is 4.50. The molecule has 0 saturated carbocycles. The molecular weight excluding hydrogens is 541 g/mol. The van der Waals surface area contributed by atoms with Crippen LogP contribution in [0.25, 0.3) is 22.5 Å². The van der Waals surface area contributed by atoms with E-state index in [-0.39, 0.29) is 38.0 Å². The van der Waals surface area contributed by atoms with E-state index < -0.39 is 17.9 Å². The molecule has 0 unspecified atom stereocenters. The van der Waals surface area contributed by atoms with E-state index in [9.17, 15) is 14.0 Å². The Morgan fingerprint density at radius 1 is 1.02 bits per heavy atom. The van der Waals surface area contributed by atoms with Crippen LogP contribution in [0, 0.1) is 5.82 Å². The summed E-state index contributed by atoms with van der Waals surface area (Å²) in [6.45, 7) is 2.73. The molecule has 11 heteroatoms. The second-order valence-corrected chi connectivity index (χ2v) is 10.2. The van der Waals surface area contributed by atoms with Crippen LogP contribution in [0.2, 0.25) is 0 Å². The molecule has 2 aromatic carbocycles. The van der Waals surface area contributed by atoms with Crippen LogP contribution in [0.4, 0.5) is 9.18 Å². The predicted molar refractivity (Wildman–Crippen MR) is 152 cm³/mol. The minimum Gasteiger partial charge on any atom is -0.445 e. The SMILES string of the molecule is CC1(NC(=O)CCCNC(=O)OCc2ccccc2)COC(c2nc(-c3ccc(F)cc3)c(-c3ccncc3)[nH]2)OC1. The molecule has 0 atom stereocenters. The van der Waals surface area contributed by atoms with Crippen LogP contribution >= 0.6 is 0 Å². The Bertz CT molecular complexity index is 1470. The predicted octanol–water partition coefficient (Wildman–Crippen LogP) is 4.90. The number of aromatic nitrogens is 3. The minimum absolute atomic E-state index is 0.181. The average molecular weight is 574 g/mol. The number of ether oxygens (including phenoxy) is 3. The molecule has 2 amide bonds. The van der Waals surface area contributed by atoms with Crippen molar-refractivity contribution in [3.05, 3.63) is 96.3 Å². The van der Waals surface area contributed by atoms with Gasteiger partial charge >= 0.3 is 6.09 Å². The summed E-state index contributed by atoms with van der Waals surface area (Å²) in [5, 5.41) is 5.62. The number of rotatable bonds is 10. The Labute approximate surface area is 242 Å². The van der Waals surface area contributed by atoms with Gasteiger partial charge < -0.3 is 29.8 Å². The molecule has 0 radical (unpaired) electrons. The number of H-pyrrole nitrogens is 1. The summed E-state index contributed by atoms with van der Waals surface area (Å²) >= 11 is 0. The maximum atomic E-state index is 13.6. The van der Waals surface area contributed by atoms with Gasteiger partial charge in [-0.25, -0.2) is 14.2 Å². The number of carbonyl (C=O) groups excluding carboxylic acids is 2. The summed E-state index contributed by atoms with van der Waals surface area (Å²) in [5.74, 6) is -0.0586. The van der Waals surface area contributed by atoms with Crippen molar-refractivity contribution >= 4 is 12.0 Å². The number of benzene rings is 2. The number of halogens is 1. The van der Waals surface area contributed by atoms with Gasteiger partial charge in [0.25, 0.3) is 0 Å². The third kappa shape index (κ3) is 7.56. The van der Waals surface area contributed by atoms with Gasteiger partial charge in [0, 0.05) is 36.5 Å². The molecular formula is C31H32FN5O5. The number of nitrogens with one attached hydrogen (secondary N) is 3. The van der Waals surface area contributed by atoms with E-state index in [0.717, 1.165) is 22.4 Å². The Morgan fingerprint density at radius 3 is 2.45 bits per heavy atom. The molecule has 0 spiro atoms. The molecule has 0 bridgehead atoms. The molecule has 2 aromatic heterocycles. The lowest BCUT2D eigenvalue weighted by molar-refractivity contribution is -0.217. The van der Waals surface area contributed by atoms with Gasteiger partial charge in [-0.2, -0.15) is 0 Å². The second-order valence-electron chi connectivity index (χ2n) is 10.2. The van der Waals surface area contributed by atoms with E-state index in [1.807, 2.05) is 49.4 Å². The highest BCUT2D eigenvalue weighted by Crippen LogP contribution is 2.34. The highest BCUT2D eigenvalue weighted by molar-refractivity contribution is 5.78. The van der Waals surface area contributed by atoms with Crippen LogP contribution in [0.3, 0.4) is 0 Å². The Balaban J connectivity index is 1.11. The van der Waals surface area contributed by atoms with E-state index in [1.165, 1.54) is 12.1 Å². The van der Waals surface area contributed by atoms with Crippen LogP contribution in [0.5, 0.6) is 0 Å². The van der Waals surface area contributed by atoms with Crippen molar-refractivity contribution in [2.45, 2.75) is 38.2 Å². The lowest BCUT2D eigenvalue weighted by atomic mass is 10.0. The average Bonchev–Trinajstić information content (AvgIpc) is 3.45. The Morgan fingerprint density at radius 2 is 1.74 bits per heavy atom. The molecule has 1 saturated heterocycles. The second kappa shape index (κ2) is 13.4. The van der Waals surface area contributed by atoms with Crippen molar-refractivity contribution in [1.29, 1.82) is 0 Å². The topological polar surface area (TPSA) is 127 Å². The first-order chi connectivity index (χ1) is 20.4. The van der Waals surface area contributed by atoms with Gasteiger partial charge in [-0.15, -0.1) is 0 Å². The summed E-state index contributed by atoms with van der Waals surface area (Å²) in [6.07, 6.45) is 2.71. The van der Waals surface area contributed by atoms with E-state index in [1.54, 1.807) is 24.5 Å². The zero-order valence-corrected chi connectivity index (χ0v) is 23.1. The van der Waals surface area contributed by atoms with Gasteiger partial charge in [0.15, 0.2) is 5.82 Å². The monoisotopic (exact) mass is 573 g/mol. The van der Waals surface area contributed by atoms with Crippen molar-refractivity contribution in [1.82, 2.24) is 25.6 Å². The first kappa shape index (κ1) is 28.9. The van der Waals surface area contributed by atoms with Gasteiger partial charge in [0.05, 0.1) is 30.1 Å². The molecule has 1 aliphatic heterocycles. The summed E-state index contributed by atoms with van der Waals surface area (Å²) in [6, 6.07) is 19.2. The quantitative estimate of drug-likeness (QED) is 0.230. The minimum atomic E-state index is -0.782. The van der Waals surface area contributed by atoms with Gasteiger partial charge in [0.1, 0.15) is 12.4 Å². The first-order valence-electron chi connectivity index (χ1n) is 13.6. The molecule has 1 fully saturated rings. The molecule has 1 aliphatic rings. The normalized spacial score (nSPS) is 18.3. The molecule has 4 aromatic rings. The zero-order chi connectivity index (χ0) is 29.4. The molecule has 3 heterocycles. The standard InChI is InChI=1S/C31H32FN5O5/c1-31(37-25(38)8-5-15-34-30(39)40-18-21-6-3-2-4-7-21)19-41-29(42-20-31)28-35-26(22-9-11-24(32)12-10-22)27(36-28)23-13-16-33-17-14-23/h2-4,6-7,9-14,16-17,29H,5,8,15,18-20H2,1H3,(H,34,39)(H,35,36)(H,37,38). The lowest BCUT2D eigenvalue weighted by Gasteiger charge is -2.37. The van der Waals surface area contributed by atoms with Crippen molar-refractivity contribution in [3.8, 4) is 22.5 Å². The maximum absolute atomic E-state index is 13.6. The first-order valence-corrected chi connectivity index (χ1v) is 13.6. The molecule has 218 valence electrons. The fraction of sp³-hybridized carbons (Fsp3) is 0.290. The number of carbonyl (C=O) groups is 2. The fourth-order valence-corrected chi connectivity index (χ4v) is 4.50. The van der Waals surface area contributed by atoms with Gasteiger partial charge in [-0.05, 0) is 55.3 Å².